The summed E-state index contributed by atoms with van der Waals surface area (Å²) in [4.78, 5) is 22.9. The summed E-state index contributed by atoms with van der Waals surface area (Å²) in [6, 6.07) is 17.6. The quantitative estimate of drug-likeness (QED) is 0.460. The molecular formula is C25H26N4O2. The van der Waals surface area contributed by atoms with Gasteiger partial charge in [-0.25, -0.2) is 14.8 Å². The first-order chi connectivity index (χ1) is 15.1. The van der Waals surface area contributed by atoms with Crippen LogP contribution >= 0.6 is 0 Å². The fraction of sp³-hybridized carbons (Fsp3) is 0.320. The van der Waals surface area contributed by atoms with Crippen LogP contribution in [0.3, 0.4) is 0 Å². The van der Waals surface area contributed by atoms with Crippen molar-refractivity contribution in [2.75, 3.05) is 5.73 Å². The largest absolute Gasteiger partial charge is 0.459 e. The predicted molar refractivity (Wildman–Crippen MR) is 122 cm³/mol. The number of ether oxygens (including phenoxy) is 1. The van der Waals surface area contributed by atoms with Gasteiger partial charge in [-0.2, -0.15) is 0 Å². The minimum Gasteiger partial charge on any atom is -0.459 e. The molecule has 6 heteroatoms. The summed E-state index contributed by atoms with van der Waals surface area (Å²) >= 11 is 0. The number of nitrogens with zero attached hydrogens (tertiary/aromatic N) is 3. The Bertz CT molecular complexity index is 1240. The Kier molecular flexibility index (Phi) is 5.06. The number of nitrogen functional groups attached to an aromatic ring is 1. The van der Waals surface area contributed by atoms with Crippen LogP contribution in [-0.4, -0.2) is 26.6 Å². The Balaban J connectivity index is 1.68. The van der Waals surface area contributed by atoms with Crippen molar-refractivity contribution >= 4 is 34.0 Å². The van der Waals surface area contributed by atoms with Crippen molar-refractivity contribution in [3.63, 3.8) is 0 Å². The van der Waals surface area contributed by atoms with E-state index in [4.69, 9.17) is 20.4 Å². The summed E-state index contributed by atoms with van der Waals surface area (Å²) in [6.45, 7) is 2.05. The molecule has 2 aromatic carbocycles. The van der Waals surface area contributed by atoms with Gasteiger partial charge in [-0.05, 0) is 50.3 Å². The van der Waals surface area contributed by atoms with E-state index in [2.05, 4.69) is 6.92 Å². The third-order valence-corrected chi connectivity index (χ3v) is 6.23. The molecule has 0 spiro atoms. The van der Waals surface area contributed by atoms with Crippen LogP contribution in [-0.2, 0) is 4.74 Å². The molecule has 5 rings (SSSR count). The number of carbonyl (C=O) groups excluding carboxylic acids is 1. The molecule has 0 aliphatic heterocycles. The number of nitrogens with two attached hydrogens (primary N) is 1. The Labute approximate surface area is 181 Å². The number of aromatic nitrogens is 3. The van der Waals surface area contributed by atoms with Crippen LogP contribution in [0, 0.1) is 0 Å². The average molecular weight is 415 g/mol. The van der Waals surface area contributed by atoms with E-state index in [9.17, 15) is 4.79 Å². The van der Waals surface area contributed by atoms with Gasteiger partial charge in [0, 0.05) is 0 Å². The van der Waals surface area contributed by atoms with E-state index in [0.29, 0.717) is 22.5 Å². The molecule has 6 nitrogen and oxygen atoms in total. The van der Waals surface area contributed by atoms with Crippen LogP contribution in [0.15, 0.2) is 54.6 Å². The summed E-state index contributed by atoms with van der Waals surface area (Å²) in [5, 5.41) is 0. The van der Waals surface area contributed by atoms with Gasteiger partial charge in [-0.15, -0.1) is 0 Å². The van der Waals surface area contributed by atoms with Crippen molar-refractivity contribution in [1.29, 1.82) is 0 Å². The molecule has 0 saturated heterocycles. The molecule has 1 aliphatic carbocycles. The number of benzene rings is 2. The molecule has 0 amide bonds. The summed E-state index contributed by atoms with van der Waals surface area (Å²) in [5.41, 5.74) is 10.6. The highest BCUT2D eigenvalue weighted by Gasteiger charge is 2.29. The number of rotatable bonds is 4. The van der Waals surface area contributed by atoms with E-state index >= 15 is 0 Å². The number of hydrogen-bond acceptors (Lipinski definition) is 5. The standard InChI is InChI=1S/C25H26N4O2/c1-16(17-10-4-2-5-11-17)29-23(26)21(25(30)31-18-12-6-3-7-13-18)22-24(29)28-20-15-9-8-14-19(20)27-22/h2,4-5,8-11,14-16,18H,3,6-7,12-13,26H2,1H3/t16-/m1/s1. The van der Waals surface area contributed by atoms with Gasteiger partial charge in [0.1, 0.15) is 23.0 Å². The fourth-order valence-corrected chi connectivity index (χ4v) is 4.55. The van der Waals surface area contributed by atoms with Crippen molar-refractivity contribution in [3.8, 4) is 0 Å². The second-order valence-corrected chi connectivity index (χ2v) is 8.27. The lowest BCUT2D eigenvalue weighted by atomic mass is 9.98. The van der Waals surface area contributed by atoms with Crippen LogP contribution < -0.4 is 5.73 Å². The molecule has 4 aromatic rings. The fourth-order valence-electron chi connectivity index (χ4n) is 4.55. The number of esters is 1. The Morgan fingerprint density at radius 2 is 1.65 bits per heavy atom. The highest BCUT2D eigenvalue weighted by Crippen LogP contribution is 2.34. The average Bonchev–Trinajstić information content (AvgIpc) is 3.09. The van der Waals surface area contributed by atoms with Crippen LogP contribution in [0.5, 0.6) is 0 Å². The highest BCUT2D eigenvalue weighted by atomic mass is 16.5. The molecule has 158 valence electrons. The van der Waals surface area contributed by atoms with Gasteiger partial charge in [0.25, 0.3) is 0 Å². The molecule has 2 heterocycles. The number of hydrogen-bond donors (Lipinski definition) is 1. The molecule has 2 N–H and O–H groups in total. The molecule has 1 atom stereocenters. The smallest absolute Gasteiger partial charge is 0.344 e. The monoisotopic (exact) mass is 414 g/mol. The minimum absolute atomic E-state index is 0.0565. The van der Waals surface area contributed by atoms with Crippen molar-refractivity contribution in [2.45, 2.75) is 51.2 Å². The lowest BCUT2D eigenvalue weighted by Gasteiger charge is -2.22. The van der Waals surface area contributed by atoms with Gasteiger partial charge in [0.2, 0.25) is 0 Å². The van der Waals surface area contributed by atoms with Crippen molar-refractivity contribution in [3.05, 3.63) is 65.7 Å². The van der Waals surface area contributed by atoms with Gasteiger partial charge < -0.3 is 15.0 Å². The summed E-state index contributed by atoms with van der Waals surface area (Å²) < 4.78 is 7.78. The van der Waals surface area contributed by atoms with Crippen molar-refractivity contribution < 1.29 is 9.53 Å². The zero-order chi connectivity index (χ0) is 21.4. The van der Waals surface area contributed by atoms with Crippen LogP contribution in [0.1, 0.15) is 61.0 Å². The molecule has 1 aliphatic rings. The van der Waals surface area contributed by atoms with Crippen LogP contribution in [0.4, 0.5) is 5.82 Å². The normalized spacial score (nSPS) is 15.9. The topological polar surface area (TPSA) is 83.0 Å². The van der Waals surface area contributed by atoms with E-state index in [-0.39, 0.29) is 12.1 Å². The van der Waals surface area contributed by atoms with Crippen LogP contribution in [0.2, 0.25) is 0 Å². The third-order valence-electron chi connectivity index (χ3n) is 6.23. The first-order valence-electron chi connectivity index (χ1n) is 11.0. The first-order valence-corrected chi connectivity index (χ1v) is 11.0. The molecule has 1 fully saturated rings. The zero-order valence-electron chi connectivity index (χ0n) is 17.6. The Hall–Kier alpha value is -3.41. The van der Waals surface area contributed by atoms with E-state index in [1.54, 1.807) is 0 Å². The maximum absolute atomic E-state index is 13.3. The maximum Gasteiger partial charge on any atom is 0.344 e. The summed E-state index contributed by atoms with van der Waals surface area (Å²) in [5.74, 6) is -0.0551. The summed E-state index contributed by atoms with van der Waals surface area (Å²) in [7, 11) is 0. The summed E-state index contributed by atoms with van der Waals surface area (Å²) in [6.07, 6.45) is 5.12. The SMILES string of the molecule is C[C@H](c1ccccc1)n1c(N)c(C(=O)OC2CCCCC2)c2nc3ccccc3nc21. The highest BCUT2D eigenvalue weighted by molar-refractivity contribution is 6.08. The maximum atomic E-state index is 13.3. The van der Waals surface area contributed by atoms with E-state index in [1.165, 1.54) is 6.42 Å². The van der Waals surface area contributed by atoms with E-state index in [1.807, 2.05) is 59.2 Å². The van der Waals surface area contributed by atoms with E-state index < -0.39 is 5.97 Å². The molecule has 0 unspecified atom stereocenters. The number of para-hydroxylation sites is 2. The second kappa shape index (κ2) is 8.02. The molecule has 31 heavy (non-hydrogen) atoms. The third kappa shape index (κ3) is 3.52. The lowest BCUT2D eigenvalue weighted by molar-refractivity contribution is 0.0214. The Morgan fingerprint density at radius 3 is 2.35 bits per heavy atom. The molecular weight excluding hydrogens is 388 g/mol. The van der Waals surface area contributed by atoms with E-state index in [0.717, 1.165) is 42.3 Å². The molecule has 1 saturated carbocycles. The van der Waals surface area contributed by atoms with Crippen molar-refractivity contribution in [2.24, 2.45) is 0 Å². The molecule has 2 aromatic heterocycles. The number of carbonyl (C=O) groups is 1. The molecule has 0 radical (unpaired) electrons. The Morgan fingerprint density at radius 1 is 1.00 bits per heavy atom. The minimum atomic E-state index is -0.405. The number of anilines is 1. The zero-order valence-corrected chi connectivity index (χ0v) is 17.6. The van der Waals surface area contributed by atoms with Crippen LogP contribution in [0.25, 0.3) is 22.2 Å². The second-order valence-electron chi connectivity index (χ2n) is 8.27. The predicted octanol–water partition coefficient (Wildman–Crippen LogP) is 5.27. The van der Waals surface area contributed by atoms with Gasteiger partial charge in [-0.3, -0.25) is 0 Å². The van der Waals surface area contributed by atoms with Gasteiger partial charge >= 0.3 is 5.97 Å². The number of fused-ring (bicyclic) bond motifs is 2. The van der Waals surface area contributed by atoms with Gasteiger partial charge in [0.05, 0.1) is 17.1 Å². The molecule has 0 bridgehead atoms. The van der Waals surface area contributed by atoms with Gasteiger partial charge in [-0.1, -0.05) is 48.9 Å². The lowest BCUT2D eigenvalue weighted by Crippen LogP contribution is -2.21. The first kappa shape index (κ1) is 19.5. The van der Waals surface area contributed by atoms with Crippen molar-refractivity contribution in [1.82, 2.24) is 14.5 Å². The van der Waals surface area contributed by atoms with Gasteiger partial charge in [0.15, 0.2) is 5.65 Å².